The van der Waals surface area contributed by atoms with Crippen LogP contribution in [0.25, 0.3) is 0 Å². The highest BCUT2D eigenvalue weighted by Gasteiger charge is 2.26. The molecule has 0 fully saturated rings. The van der Waals surface area contributed by atoms with Gasteiger partial charge in [0.25, 0.3) is 0 Å². The second kappa shape index (κ2) is 18.3. The van der Waals surface area contributed by atoms with Crippen LogP contribution in [0.5, 0.6) is 0 Å². The van der Waals surface area contributed by atoms with E-state index in [4.69, 9.17) is 0 Å². The highest BCUT2D eigenvalue weighted by molar-refractivity contribution is 8.02. The van der Waals surface area contributed by atoms with E-state index in [0.29, 0.717) is 21.2 Å². The predicted octanol–water partition coefficient (Wildman–Crippen LogP) is 11.1. The van der Waals surface area contributed by atoms with Gasteiger partial charge in [0.2, 0.25) is 0 Å². The van der Waals surface area contributed by atoms with Crippen molar-refractivity contribution in [1.82, 2.24) is 0 Å². The minimum atomic E-state index is 0.301. The Morgan fingerprint density at radius 3 is 1.54 bits per heavy atom. The highest BCUT2D eigenvalue weighted by atomic mass is 32.2. The molecule has 0 aliphatic carbocycles. The van der Waals surface area contributed by atoms with Crippen LogP contribution < -0.4 is 0 Å². The molecule has 0 saturated heterocycles. The number of hydrogen-bond acceptors (Lipinski definition) is 7. The van der Waals surface area contributed by atoms with E-state index in [1.54, 1.807) is 0 Å². The van der Waals surface area contributed by atoms with E-state index >= 15 is 0 Å². The van der Waals surface area contributed by atoms with E-state index in [1.807, 2.05) is 35.3 Å². The Morgan fingerprint density at radius 2 is 1.14 bits per heavy atom. The number of hydrogen-bond donors (Lipinski definition) is 2. The molecule has 37 heavy (non-hydrogen) atoms. The van der Waals surface area contributed by atoms with Gasteiger partial charge in [0.15, 0.2) is 0 Å². The average Bonchev–Trinajstić information content (AvgIpc) is 2.89. The molecule has 0 N–H and O–H groups in total. The lowest BCUT2D eigenvalue weighted by molar-refractivity contribution is 0.501. The largest absolute Gasteiger partial charge is 0.178 e. The van der Waals surface area contributed by atoms with Gasteiger partial charge in [-0.25, -0.2) is 0 Å². The summed E-state index contributed by atoms with van der Waals surface area (Å²) >= 11 is 19.2. The summed E-state index contributed by atoms with van der Waals surface area (Å²) in [5, 5.41) is 1.99. The molecular formula is C30H46S7. The first kappa shape index (κ1) is 34.1. The second-order valence-electron chi connectivity index (χ2n) is 10.2. The van der Waals surface area contributed by atoms with Gasteiger partial charge in [-0.05, 0) is 85.2 Å². The zero-order valence-electron chi connectivity index (χ0n) is 23.3. The van der Waals surface area contributed by atoms with Gasteiger partial charge >= 0.3 is 0 Å². The Bertz CT molecular complexity index is 865. The minimum absolute atomic E-state index is 0.301. The van der Waals surface area contributed by atoms with Crippen LogP contribution >= 0.6 is 84.1 Å². The number of thiol groups is 2. The molecular weight excluding hydrogens is 585 g/mol. The Labute approximate surface area is 260 Å². The predicted molar refractivity (Wildman–Crippen MR) is 187 cm³/mol. The van der Waals surface area contributed by atoms with E-state index in [1.165, 1.54) is 38.8 Å². The van der Waals surface area contributed by atoms with Crippen molar-refractivity contribution in [3.05, 3.63) is 48.5 Å². The van der Waals surface area contributed by atoms with E-state index in [9.17, 15) is 0 Å². The smallest absolute Gasteiger partial charge is 0.0149 e. The van der Waals surface area contributed by atoms with E-state index in [-0.39, 0.29) is 0 Å². The highest BCUT2D eigenvalue weighted by Crippen LogP contribution is 2.38. The molecule has 0 amide bonds. The third-order valence-electron chi connectivity index (χ3n) is 6.57. The number of benzene rings is 2. The van der Waals surface area contributed by atoms with E-state index in [0.717, 1.165) is 28.3 Å². The van der Waals surface area contributed by atoms with Gasteiger partial charge in [0.1, 0.15) is 0 Å². The SMILES string of the molecule is CCC(C)SC(CS)CCSc1ccc(Sc2ccc(SCCC(CS)SC(C)(C)C(C)C)cc2)cc1. The first-order chi connectivity index (χ1) is 17.7. The molecule has 2 aromatic carbocycles. The zero-order chi connectivity index (χ0) is 27.3. The van der Waals surface area contributed by atoms with Crippen molar-refractivity contribution in [2.24, 2.45) is 5.92 Å². The zero-order valence-corrected chi connectivity index (χ0v) is 29.2. The van der Waals surface area contributed by atoms with Crippen molar-refractivity contribution in [3.8, 4) is 0 Å². The fourth-order valence-electron chi connectivity index (χ4n) is 3.34. The summed E-state index contributed by atoms with van der Waals surface area (Å²) in [6, 6.07) is 18.1. The van der Waals surface area contributed by atoms with Crippen LogP contribution in [0.4, 0.5) is 0 Å². The van der Waals surface area contributed by atoms with Crippen LogP contribution in [-0.4, -0.2) is 43.5 Å². The van der Waals surface area contributed by atoms with Crippen molar-refractivity contribution in [2.75, 3.05) is 23.0 Å². The first-order valence-electron chi connectivity index (χ1n) is 13.3. The van der Waals surface area contributed by atoms with Crippen molar-refractivity contribution >= 4 is 84.1 Å². The summed E-state index contributed by atoms with van der Waals surface area (Å²) in [5.41, 5.74) is 0. The van der Waals surface area contributed by atoms with Gasteiger partial charge < -0.3 is 0 Å². The second-order valence-corrected chi connectivity index (χ2v) is 18.1. The van der Waals surface area contributed by atoms with Crippen LogP contribution in [-0.2, 0) is 0 Å². The third-order valence-corrected chi connectivity index (χ3v) is 14.4. The average molecular weight is 631 g/mol. The monoisotopic (exact) mass is 630 g/mol. The Hall–Kier alpha value is 0.890. The summed E-state index contributed by atoms with van der Waals surface area (Å²) in [4.78, 5) is 5.31. The normalized spacial score (nSPS) is 14.6. The fourth-order valence-corrected chi connectivity index (χ4v) is 9.87. The number of rotatable bonds is 18. The van der Waals surface area contributed by atoms with Gasteiger partial charge in [0.05, 0.1) is 0 Å². The van der Waals surface area contributed by atoms with Gasteiger partial charge in [-0.3, -0.25) is 0 Å². The van der Waals surface area contributed by atoms with E-state index in [2.05, 4.69) is 139 Å². The Balaban J connectivity index is 1.76. The van der Waals surface area contributed by atoms with Gasteiger partial charge in [0, 0.05) is 51.6 Å². The topological polar surface area (TPSA) is 0 Å². The summed E-state index contributed by atoms with van der Waals surface area (Å²) in [6.45, 7) is 14.0. The molecule has 0 heterocycles. The van der Waals surface area contributed by atoms with E-state index < -0.39 is 0 Å². The van der Waals surface area contributed by atoms with Crippen LogP contribution in [0.1, 0.15) is 60.8 Å². The van der Waals surface area contributed by atoms with Gasteiger partial charge in [-0.15, -0.1) is 23.5 Å². The molecule has 0 nitrogen and oxygen atoms in total. The van der Waals surface area contributed by atoms with Crippen molar-refractivity contribution in [1.29, 1.82) is 0 Å². The van der Waals surface area contributed by atoms with Crippen LogP contribution in [0.3, 0.4) is 0 Å². The molecule has 3 atom stereocenters. The molecule has 0 aliphatic rings. The summed E-state index contributed by atoms with van der Waals surface area (Å²) in [5.74, 6) is 4.88. The molecule has 0 spiro atoms. The lowest BCUT2D eigenvalue weighted by atomic mass is 10.00. The quantitative estimate of drug-likeness (QED) is 0.124. The van der Waals surface area contributed by atoms with Crippen LogP contribution in [0, 0.1) is 5.92 Å². The molecule has 0 aromatic heterocycles. The maximum Gasteiger partial charge on any atom is 0.0149 e. The van der Waals surface area contributed by atoms with Crippen LogP contribution in [0.15, 0.2) is 68.1 Å². The minimum Gasteiger partial charge on any atom is -0.178 e. The molecule has 0 radical (unpaired) electrons. The van der Waals surface area contributed by atoms with Gasteiger partial charge in [-0.2, -0.15) is 48.8 Å². The standard InChI is InChI=1S/C30H46S7/c1-7-23(4)35-28(20-31)16-18-33-24-8-12-26(13-9-24)36-27-14-10-25(11-15-27)34-19-17-29(21-32)37-30(5,6)22(2)3/h8-15,22-23,28-29,31-32H,7,16-21H2,1-6H3. The Morgan fingerprint density at radius 1 is 0.703 bits per heavy atom. The fraction of sp³-hybridized carbons (Fsp3) is 0.600. The summed E-state index contributed by atoms with van der Waals surface area (Å²) in [6.07, 6.45) is 3.64. The van der Waals surface area contributed by atoms with Crippen molar-refractivity contribution in [3.63, 3.8) is 0 Å². The molecule has 2 rings (SSSR count). The third kappa shape index (κ3) is 13.4. The lowest BCUT2D eigenvalue weighted by Gasteiger charge is -2.32. The number of thioether (sulfide) groups is 4. The van der Waals surface area contributed by atoms with Crippen LogP contribution in [0.2, 0.25) is 0 Å². The first-order valence-corrected chi connectivity index (χ1v) is 19.2. The molecule has 2 aromatic rings. The maximum atomic E-state index is 4.63. The summed E-state index contributed by atoms with van der Waals surface area (Å²) < 4.78 is 0.301. The van der Waals surface area contributed by atoms with Gasteiger partial charge in [-0.1, -0.05) is 53.3 Å². The molecule has 208 valence electrons. The summed E-state index contributed by atoms with van der Waals surface area (Å²) in [7, 11) is 0. The Kier molecular flexibility index (Phi) is 16.9. The lowest BCUT2D eigenvalue weighted by Crippen LogP contribution is -2.27. The molecule has 0 aliphatic heterocycles. The van der Waals surface area contributed by atoms with Crippen molar-refractivity contribution in [2.45, 2.75) is 101 Å². The molecule has 0 saturated carbocycles. The molecule has 3 unspecified atom stereocenters. The molecule has 0 bridgehead atoms. The van der Waals surface area contributed by atoms with Crippen molar-refractivity contribution < 1.29 is 0 Å². The molecule has 7 heteroatoms. The maximum absolute atomic E-state index is 4.63.